The Morgan fingerprint density at radius 1 is 0.345 bits per heavy atom. The number of aromatic amines is 1. The summed E-state index contributed by atoms with van der Waals surface area (Å²) >= 11 is 0. The predicted molar refractivity (Wildman–Crippen MR) is 249 cm³/mol. The van der Waals surface area contributed by atoms with Crippen LogP contribution in [0.3, 0.4) is 0 Å². The van der Waals surface area contributed by atoms with Crippen LogP contribution in [0, 0.1) is 0 Å². The molecule has 2 nitrogen and oxygen atoms in total. The van der Waals surface area contributed by atoms with Crippen molar-refractivity contribution in [3.63, 3.8) is 0 Å². The van der Waals surface area contributed by atoms with Gasteiger partial charge in [0.05, 0.1) is 12.0 Å². The van der Waals surface area contributed by atoms with Crippen molar-refractivity contribution in [2.45, 2.75) is 322 Å². The van der Waals surface area contributed by atoms with Crippen molar-refractivity contribution in [3.05, 3.63) is 18.2 Å². The largest absolute Gasteiger partial charge is 0.257 e. The van der Waals surface area contributed by atoms with E-state index in [1.54, 1.807) is 5.82 Å². The Labute approximate surface area is 348 Å². The molecule has 0 fully saturated rings. The van der Waals surface area contributed by atoms with E-state index in [9.17, 15) is 0 Å². The minimum atomic E-state index is 0.615. The van der Waals surface area contributed by atoms with Crippen LogP contribution < -0.4 is 4.57 Å². The maximum Gasteiger partial charge on any atom is 0.257 e. The quantitative estimate of drug-likeness (QED) is 0.0503. The smallest absolute Gasteiger partial charge is 0.247 e. The highest BCUT2D eigenvalue weighted by molar-refractivity contribution is 4.90. The van der Waals surface area contributed by atoms with Crippen molar-refractivity contribution in [2.24, 2.45) is 0 Å². The van der Waals surface area contributed by atoms with Crippen molar-refractivity contribution in [1.82, 2.24) is 4.98 Å². The molecule has 1 rings (SSSR count). The highest BCUT2D eigenvalue weighted by Gasteiger charge is 2.25. The Morgan fingerprint density at radius 3 is 0.855 bits per heavy atom. The molecule has 1 heterocycles. The first kappa shape index (κ1) is 52.2. The number of nitrogens with zero attached hydrogens (tertiary/aromatic N) is 1. The lowest BCUT2D eigenvalue weighted by Crippen LogP contribution is -2.41. The summed E-state index contributed by atoms with van der Waals surface area (Å²) in [4.78, 5) is 3.79. The third-order valence-electron chi connectivity index (χ3n) is 13.1. The molecule has 55 heavy (non-hydrogen) atoms. The lowest BCUT2D eigenvalue weighted by atomic mass is 9.92. The van der Waals surface area contributed by atoms with Crippen molar-refractivity contribution in [3.8, 4) is 0 Å². The maximum atomic E-state index is 3.79. The summed E-state index contributed by atoms with van der Waals surface area (Å²) in [5.74, 6) is 2.25. The van der Waals surface area contributed by atoms with Gasteiger partial charge in [-0.1, -0.05) is 278 Å². The fourth-order valence-corrected chi connectivity index (χ4v) is 9.26. The molecule has 1 aromatic heterocycles. The van der Waals surface area contributed by atoms with Crippen LogP contribution in [0.15, 0.2) is 12.4 Å². The van der Waals surface area contributed by atoms with Crippen LogP contribution >= 0.6 is 0 Å². The molecule has 0 aliphatic heterocycles. The zero-order valence-electron chi connectivity index (χ0n) is 38.9. The molecule has 0 amide bonds. The van der Waals surface area contributed by atoms with Gasteiger partial charge in [-0.3, -0.25) is 0 Å². The van der Waals surface area contributed by atoms with Crippen molar-refractivity contribution >= 4 is 0 Å². The zero-order valence-corrected chi connectivity index (χ0v) is 38.9. The van der Waals surface area contributed by atoms with E-state index in [1.807, 2.05) is 0 Å². The number of rotatable bonds is 46. The predicted octanol–water partition coefficient (Wildman–Crippen LogP) is 19.2. The number of unbranched alkanes of at least 4 members (excludes halogenated alkanes) is 38. The summed E-state index contributed by atoms with van der Waals surface area (Å²) in [5.41, 5.74) is 0. The van der Waals surface area contributed by atoms with E-state index in [4.69, 9.17) is 0 Å². The molecule has 0 spiro atoms. The molecular weight excluding hydrogens is 665 g/mol. The van der Waals surface area contributed by atoms with E-state index in [-0.39, 0.29) is 0 Å². The van der Waals surface area contributed by atoms with Gasteiger partial charge in [0.1, 0.15) is 12.4 Å². The first-order valence-corrected chi connectivity index (χ1v) is 26.3. The molecule has 1 aromatic rings. The second-order valence-corrected chi connectivity index (χ2v) is 18.6. The average molecular weight is 770 g/mol. The minimum absolute atomic E-state index is 0.615. The van der Waals surface area contributed by atoms with Crippen LogP contribution in [-0.4, -0.2) is 4.98 Å². The fraction of sp³-hybridized carbons (Fsp3) is 0.943. The zero-order chi connectivity index (χ0) is 39.5. The molecule has 0 saturated carbocycles. The summed E-state index contributed by atoms with van der Waals surface area (Å²) in [6.45, 7) is 9.45. The number of hydrogen-bond donors (Lipinski definition) is 1. The standard InChI is InChI=1S/C53H104N2/c1-5-8-11-14-17-20-22-24-26-27-29-31-33-36-39-42-45-48-52(47-44-41-38-34-19-16-13-10-7-3)53-54-49-50-55(53)51(4)46-43-40-37-35-32-30-28-25-23-21-18-15-12-9-6-2/h49-52H,5-48H2,1-4H3/p+1. The van der Waals surface area contributed by atoms with Gasteiger partial charge in [0, 0.05) is 0 Å². The van der Waals surface area contributed by atoms with Crippen LogP contribution in [0.2, 0.25) is 0 Å². The topological polar surface area (TPSA) is 19.7 Å². The number of aromatic nitrogens is 2. The van der Waals surface area contributed by atoms with Gasteiger partial charge in [0.25, 0.3) is 5.82 Å². The maximum absolute atomic E-state index is 3.79. The van der Waals surface area contributed by atoms with Gasteiger partial charge in [0.2, 0.25) is 0 Å². The lowest BCUT2D eigenvalue weighted by Gasteiger charge is -2.17. The Kier molecular flexibility index (Phi) is 40.6. The summed E-state index contributed by atoms with van der Waals surface area (Å²) in [6, 6.07) is 0.615. The molecule has 2 heteroatoms. The SMILES string of the molecule is CCCCCCCCCCCCCCCCCCCC(CCCCCCCCCCC)c1[nH]cc[n+]1C(C)CCCCCCCCCCCCCCCCC. The van der Waals surface area contributed by atoms with Gasteiger partial charge in [-0.25, -0.2) is 9.55 Å². The molecule has 2 atom stereocenters. The van der Waals surface area contributed by atoms with Crippen LogP contribution in [0.4, 0.5) is 0 Å². The Hall–Kier alpha value is -0.790. The first-order valence-electron chi connectivity index (χ1n) is 26.3. The summed E-state index contributed by atoms with van der Waals surface area (Å²) in [6.07, 6.45) is 68.1. The highest BCUT2D eigenvalue weighted by Crippen LogP contribution is 2.28. The van der Waals surface area contributed by atoms with Crippen LogP contribution in [0.25, 0.3) is 0 Å². The molecule has 0 aliphatic carbocycles. The second kappa shape index (κ2) is 42.8. The van der Waals surface area contributed by atoms with Gasteiger partial charge in [-0.05, 0) is 32.6 Å². The van der Waals surface area contributed by atoms with Crippen LogP contribution in [0.1, 0.15) is 328 Å². The molecule has 1 N–H and O–H groups in total. The van der Waals surface area contributed by atoms with E-state index < -0.39 is 0 Å². The summed E-state index contributed by atoms with van der Waals surface area (Å²) in [7, 11) is 0. The molecule has 2 unspecified atom stereocenters. The van der Waals surface area contributed by atoms with Gasteiger partial charge in [-0.2, -0.15) is 0 Å². The van der Waals surface area contributed by atoms with E-state index in [1.165, 1.54) is 283 Å². The van der Waals surface area contributed by atoms with Crippen molar-refractivity contribution in [1.29, 1.82) is 0 Å². The lowest BCUT2D eigenvalue weighted by molar-refractivity contribution is -0.727. The minimum Gasteiger partial charge on any atom is -0.247 e. The first-order chi connectivity index (χ1) is 27.2. The van der Waals surface area contributed by atoms with E-state index in [2.05, 4.69) is 49.6 Å². The monoisotopic (exact) mass is 770 g/mol. The third kappa shape index (κ3) is 33.8. The van der Waals surface area contributed by atoms with Gasteiger partial charge in [0.15, 0.2) is 0 Å². The normalized spacial score (nSPS) is 12.9. The Balaban J connectivity index is 2.30. The molecule has 0 radical (unpaired) electrons. The van der Waals surface area contributed by atoms with E-state index in [0.717, 1.165) is 0 Å². The van der Waals surface area contributed by atoms with Gasteiger partial charge < -0.3 is 0 Å². The molecular formula is C53H105N2+. The van der Waals surface area contributed by atoms with Crippen molar-refractivity contribution < 1.29 is 4.57 Å². The fourth-order valence-electron chi connectivity index (χ4n) is 9.26. The number of imidazole rings is 1. The summed E-state index contributed by atoms with van der Waals surface area (Å²) in [5, 5.41) is 0. The molecule has 0 bridgehead atoms. The van der Waals surface area contributed by atoms with E-state index in [0.29, 0.717) is 12.0 Å². The van der Waals surface area contributed by atoms with Crippen molar-refractivity contribution in [2.75, 3.05) is 0 Å². The van der Waals surface area contributed by atoms with E-state index >= 15 is 0 Å². The summed E-state index contributed by atoms with van der Waals surface area (Å²) < 4.78 is 2.66. The average Bonchev–Trinajstić information content (AvgIpc) is 3.69. The Morgan fingerprint density at radius 2 is 0.582 bits per heavy atom. The molecule has 326 valence electrons. The Bertz CT molecular complexity index is 843. The molecule has 0 saturated heterocycles. The second-order valence-electron chi connectivity index (χ2n) is 18.6. The number of nitrogens with one attached hydrogen (secondary N) is 1. The van der Waals surface area contributed by atoms with Gasteiger partial charge >= 0.3 is 0 Å². The van der Waals surface area contributed by atoms with Crippen LogP contribution in [0.5, 0.6) is 0 Å². The van der Waals surface area contributed by atoms with Crippen LogP contribution in [-0.2, 0) is 0 Å². The van der Waals surface area contributed by atoms with Gasteiger partial charge in [-0.15, -0.1) is 0 Å². The number of H-pyrrole nitrogens is 1. The number of hydrogen-bond acceptors (Lipinski definition) is 0. The molecule has 0 aromatic carbocycles. The molecule has 0 aliphatic rings. The highest BCUT2D eigenvalue weighted by atomic mass is 15.1. The third-order valence-corrected chi connectivity index (χ3v) is 13.1.